The van der Waals surface area contributed by atoms with Crippen LogP contribution in [-0.4, -0.2) is 30.5 Å². The van der Waals surface area contributed by atoms with Crippen LogP contribution in [0.4, 0.5) is 18.9 Å². The number of hydrogen-bond donors (Lipinski definition) is 0. The lowest BCUT2D eigenvalue weighted by Gasteiger charge is -2.28. The number of halogens is 3. The van der Waals surface area contributed by atoms with Crippen molar-refractivity contribution in [2.75, 3.05) is 11.6 Å². The Morgan fingerprint density at radius 3 is 2.19 bits per heavy atom. The summed E-state index contributed by atoms with van der Waals surface area (Å²) >= 11 is 0. The Morgan fingerprint density at radius 1 is 1.08 bits per heavy atom. The lowest BCUT2D eigenvalue weighted by atomic mass is 9.90. The van der Waals surface area contributed by atoms with E-state index >= 15 is 0 Å². The molecular weight excluding hydrogens is 345 g/mol. The Balaban J connectivity index is 2.14. The Bertz CT molecular complexity index is 791. The van der Waals surface area contributed by atoms with Crippen molar-refractivity contribution in [1.82, 2.24) is 0 Å². The van der Waals surface area contributed by atoms with Crippen LogP contribution in [0.2, 0.25) is 0 Å². The van der Waals surface area contributed by atoms with Gasteiger partial charge in [0.2, 0.25) is 0 Å². The van der Waals surface area contributed by atoms with E-state index in [9.17, 15) is 18.0 Å². The molecule has 0 aromatic heterocycles. The van der Waals surface area contributed by atoms with Gasteiger partial charge in [0, 0.05) is 0 Å². The summed E-state index contributed by atoms with van der Waals surface area (Å²) in [7, 11) is 0. The molecule has 26 heavy (non-hydrogen) atoms. The number of carbonyl (C=O) groups excluding carboxylic acids is 1. The minimum absolute atomic E-state index is 0.00663. The van der Waals surface area contributed by atoms with Gasteiger partial charge in [-0.1, -0.05) is 48.5 Å². The summed E-state index contributed by atoms with van der Waals surface area (Å²) in [6.45, 7) is 1.55. The Kier molecular flexibility index (Phi) is 4.97. The fourth-order valence-corrected chi connectivity index (χ4v) is 2.98. The van der Waals surface area contributed by atoms with E-state index < -0.39 is 24.1 Å². The number of anilines is 1. The predicted octanol–water partition coefficient (Wildman–Crippen LogP) is 4.02. The van der Waals surface area contributed by atoms with Gasteiger partial charge in [-0.25, -0.2) is 0 Å². The van der Waals surface area contributed by atoms with Gasteiger partial charge in [0.25, 0.3) is 0 Å². The van der Waals surface area contributed by atoms with Crippen molar-refractivity contribution >= 4 is 17.4 Å². The van der Waals surface area contributed by atoms with Gasteiger partial charge in [0.05, 0.1) is 18.0 Å². The van der Waals surface area contributed by atoms with E-state index in [1.165, 1.54) is 12.1 Å². The highest BCUT2D eigenvalue weighted by atomic mass is 19.4. The molecule has 0 N–H and O–H groups in total. The number of esters is 1. The number of alkyl halides is 3. The van der Waals surface area contributed by atoms with Crippen molar-refractivity contribution in [3.05, 3.63) is 66.2 Å². The first-order chi connectivity index (χ1) is 12.4. The van der Waals surface area contributed by atoms with Crippen LogP contribution in [0.1, 0.15) is 12.5 Å². The van der Waals surface area contributed by atoms with Crippen molar-refractivity contribution in [2.24, 2.45) is 11.0 Å². The number of hydrogen-bond acceptors (Lipinski definition) is 4. The van der Waals surface area contributed by atoms with Gasteiger partial charge >= 0.3 is 12.1 Å². The van der Waals surface area contributed by atoms with Gasteiger partial charge in [-0.3, -0.25) is 9.80 Å². The van der Waals surface area contributed by atoms with Crippen LogP contribution in [0.3, 0.4) is 0 Å². The van der Waals surface area contributed by atoms with Crippen LogP contribution >= 0.6 is 0 Å². The second-order valence-corrected chi connectivity index (χ2v) is 5.75. The van der Waals surface area contributed by atoms with Crippen LogP contribution in [-0.2, 0) is 9.53 Å². The summed E-state index contributed by atoms with van der Waals surface area (Å²) in [5.41, 5.74) is 0.767. The summed E-state index contributed by atoms with van der Waals surface area (Å²) in [5.74, 6) is -2.49. The highest BCUT2D eigenvalue weighted by Gasteiger charge is 2.57. The standard InChI is InChI=1S/C19H17F3N2O2/c1-2-26-18(25)15-16(13-9-5-3-6-10-13)23-24(17(15)19(20,21)22)14-11-7-4-8-12-14/h3-12,15,17H,2H2,1H3. The van der Waals surface area contributed by atoms with Crippen molar-refractivity contribution in [2.45, 2.75) is 19.1 Å². The predicted molar refractivity (Wildman–Crippen MR) is 91.9 cm³/mol. The van der Waals surface area contributed by atoms with E-state index in [-0.39, 0.29) is 18.0 Å². The number of para-hydroxylation sites is 1. The van der Waals surface area contributed by atoms with Crippen LogP contribution in [0.25, 0.3) is 0 Å². The summed E-state index contributed by atoms with van der Waals surface area (Å²) in [6.07, 6.45) is -4.67. The maximum atomic E-state index is 13.9. The molecule has 2 atom stereocenters. The first-order valence-corrected chi connectivity index (χ1v) is 8.15. The average Bonchev–Trinajstić information content (AvgIpc) is 3.04. The fourth-order valence-electron chi connectivity index (χ4n) is 2.98. The SMILES string of the molecule is CCOC(=O)C1C(c2ccccc2)=NN(c2ccccc2)C1C(F)(F)F. The molecular formula is C19H17F3N2O2. The number of rotatable bonds is 4. The zero-order chi connectivity index (χ0) is 18.7. The molecule has 136 valence electrons. The molecule has 0 amide bonds. The second-order valence-electron chi connectivity index (χ2n) is 5.75. The van der Waals surface area contributed by atoms with E-state index in [4.69, 9.17) is 4.74 Å². The average molecular weight is 362 g/mol. The third-order valence-corrected chi connectivity index (χ3v) is 4.06. The highest BCUT2D eigenvalue weighted by molar-refractivity contribution is 6.14. The normalized spacial score (nSPS) is 20.0. The van der Waals surface area contributed by atoms with Gasteiger partial charge in [-0.05, 0) is 24.6 Å². The number of carbonyl (C=O) groups is 1. The van der Waals surface area contributed by atoms with Gasteiger partial charge in [-0.15, -0.1) is 0 Å². The topological polar surface area (TPSA) is 41.9 Å². The summed E-state index contributed by atoms with van der Waals surface area (Å²) < 4.78 is 46.7. The minimum atomic E-state index is -4.67. The van der Waals surface area contributed by atoms with Crippen LogP contribution in [0, 0.1) is 5.92 Å². The van der Waals surface area contributed by atoms with Crippen molar-refractivity contribution < 1.29 is 22.7 Å². The molecule has 1 heterocycles. The van der Waals surface area contributed by atoms with E-state index in [2.05, 4.69) is 5.10 Å². The molecule has 2 aromatic carbocycles. The molecule has 0 aliphatic carbocycles. The van der Waals surface area contributed by atoms with Gasteiger partial charge in [-0.2, -0.15) is 18.3 Å². The minimum Gasteiger partial charge on any atom is -0.465 e. The lowest BCUT2D eigenvalue weighted by molar-refractivity contribution is -0.169. The highest BCUT2D eigenvalue weighted by Crippen LogP contribution is 2.40. The van der Waals surface area contributed by atoms with Crippen molar-refractivity contribution in [3.8, 4) is 0 Å². The molecule has 0 fully saturated rings. The zero-order valence-electron chi connectivity index (χ0n) is 14.0. The van der Waals surface area contributed by atoms with Crippen molar-refractivity contribution in [1.29, 1.82) is 0 Å². The third-order valence-electron chi connectivity index (χ3n) is 4.06. The van der Waals surface area contributed by atoms with E-state index in [0.29, 0.717) is 5.56 Å². The molecule has 2 unspecified atom stereocenters. The molecule has 0 spiro atoms. The molecule has 0 radical (unpaired) electrons. The van der Waals surface area contributed by atoms with Gasteiger partial charge in [0.15, 0.2) is 6.04 Å². The Hall–Kier alpha value is -2.83. The molecule has 2 aromatic rings. The second kappa shape index (κ2) is 7.19. The Labute approximate surface area is 148 Å². The van der Waals surface area contributed by atoms with E-state index in [1.807, 2.05) is 0 Å². The van der Waals surface area contributed by atoms with Crippen LogP contribution in [0.5, 0.6) is 0 Å². The molecule has 0 saturated carbocycles. The lowest BCUT2D eigenvalue weighted by Crippen LogP contribution is -2.49. The molecule has 7 heteroatoms. The Morgan fingerprint density at radius 2 is 1.65 bits per heavy atom. The molecule has 0 saturated heterocycles. The zero-order valence-corrected chi connectivity index (χ0v) is 14.0. The van der Waals surface area contributed by atoms with Gasteiger partial charge < -0.3 is 4.74 Å². The quantitative estimate of drug-likeness (QED) is 0.772. The van der Waals surface area contributed by atoms with Crippen LogP contribution in [0.15, 0.2) is 65.8 Å². The molecule has 3 rings (SSSR count). The maximum absolute atomic E-state index is 13.9. The van der Waals surface area contributed by atoms with Crippen molar-refractivity contribution in [3.63, 3.8) is 0 Å². The number of hydrazone groups is 1. The molecule has 0 bridgehead atoms. The molecule has 4 nitrogen and oxygen atoms in total. The molecule has 1 aliphatic rings. The summed E-state index contributed by atoms with van der Waals surface area (Å²) in [6, 6.07) is 14.3. The number of benzene rings is 2. The maximum Gasteiger partial charge on any atom is 0.412 e. The summed E-state index contributed by atoms with van der Waals surface area (Å²) in [4.78, 5) is 12.4. The van der Waals surface area contributed by atoms with Crippen LogP contribution < -0.4 is 5.01 Å². The largest absolute Gasteiger partial charge is 0.465 e. The van der Waals surface area contributed by atoms with E-state index in [0.717, 1.165) is 5.01 Å². The fraction of sp³-hybridized carbons (Fsp3) is 0.263. The monoisotopic (exact) mass is 362 g/mol. The number of nitrogens with zero attached hydrogens (tertiary/aromatic N) is 2. The first kappa shape index (κ1) is 18.0. The number of ether oxygens (including phenoxy) is 1. The smallest absolute Gasteiger partial charge is 0.412 e. The summed E-state index contributed by atoms with van der Waals surface area (Å²) in [5, 5.41) is 5.06. The van der Waals surface area contributed by atoms with E-state index in [1.54, 1.807) is 55.5 Å². The first-order valence-electron chi connectivity index (χ1n) is 8.15. The third kappa shape index (κ3) is 3.42. The van der Waals surface area contributed by atoms with Gasteiger partial charge in [0.1, 0.15) is 5.92 Å². The molecule has 1 aliphatic heterocycles.